The van der Waals surface area contributed by atoms with Gasteiger partial charge in [-0.15, -0.1) is 0 Å². The van der Waals surface area contributed by atoms with E-state index in [1.807, 2.05) is 18.2 Å². The van der Waals surface area contributed by atoms with Crippen molar-refractivity contribution < 1.29 is 4.74 Å². The summed E-state index contributed by atoms with van der Waals surface area (Å²) in [5.74, 6) is 0.374. The second-order valence-corrected chi connectivity index (χ2v) is 3.83. The number of benzene rings is 1. The molecule has 0 saturated heterocycles. The summed E-state index contributed by atoms with van der Waals surface area (Å²) in [5, 5.41) is 0.774. The normalized spacial score (nSPS) is 12.8. The van der Waals surface area contributed by atoms with Crippen LogP contribution in [0.2, 0.25) is 5.02 Å². The Morgan fingerprint density at radius 3 is 2.86 bits per heavy atom. The molecule has 1 unspecified atom stereocenters. The number of methoxy groups -OCH3 is 1. The third-order valence-corrected chi connectivity index (χ3v) is 2.38. The molecule has 1 rings (SSSR count). The maximum Gasteiger partial charge on any atom is 0.0505 e. The van der Waals surface area contributed by atoms with Crippen molar-refractivity contribution in [1.82, 2.24) is 0 Å². The standard InChI is InChI=1S/C11H16ClNO/c1-14-8-10(7-13)5-9-3-2-4-11(12)6-9/h2-4,6,10H,5,7-8,13H2,1H3. The highest BCUT2D eigenvalue weighted by atomic mass is 35.5. The van der Waals surface area contributed by atoms with Gasteiger partial charge >= 0.3 is 0 Å². The van der Waals surface area contributed by atoms with E-state index in [0.717, 1.165) is 11.4 Å². The van der Waals surface area contributed by atoms with Crippen molar-refractivity contribution >= 4 is 11.6 Å². The highest BCUT2D eigenvalue weighted by molar-refractivity contribution is 6.30. The van der Waals surface area contributed by atoms with Crippen LogP contribution < -0.4 is 5.73 Å². The van der Waals surface area contributed by atoms with Gasteiger partial charge in [0, 0.05) is 12.1 Å². The number of halogens is 1. The smallest absolute Gasteiger partial charge is 0.0505 e. The summed E-state index contributed by atoms with van der Waals surface area (Å²) in [5.41, 5.74) is 6.84. The van der Waals surface area contributed by atoms with Gasteiger partial charge < -0.3 is 10.5 Å². The van der Waals surface area contributed by atoms with E-state index in [2.05, 4.69) is 6.07 Å². The predicted molar refractivity (Wildman–Crippen MR) is 59.6 cm³/mol. The lowest BCUT2D eigenvalue weighted by atomic mass is 10.0. The minimum Gasteiger partial charge on any atom is -0.384 e. The van der Waals surface area contributed by atoms with E-state index < -0.39 is 0 Å². The zero-order valence-electron chi connectivity index (χ0n) is 8.37. The van der Waals surface area contributed by atoms with E-state index in [4.69, 9.17) is 22.1 Å². The van der Waals surface area contributed by atoms with Gasteiger partial charge in [0.25, 0.3) is 0 Å². The molecule has 78 valence electrons. The molecule has 0 amide bonds. The van der Waals surface area contributed by atoms with Crippen LogP contribution in [0.15, 0.2) is 24.3 Å². The summed E-state index contributed by atoms with van der Waals surface area (Å²) >= 11 is 5.89. The van der Waals surface area contributed by atoms with Crippen LogP contribution in [-0.4, -0.2) is 20.3 Å². The van der Waals surface area contributed by atoms with Gasteiger partial charge in [-0.25, -0.2) is 0 Å². The monoisotopic (exact) mass is 213 g/mol. The Kier molecular flexibility index (Phi) is 4.94. The quantitative estimate of drug-likeness (QED) is 0.813. The molecule has 1 atom stereocenters. The van der Waals surface area contributed by atoms with Crippen LogP contribution in [-0.2, 0) is 11.2 Å². The molecule has 0 aliphatic rings. The summed E-state index contributed by atoms with van der Waals surface area (Å²) in [7, 11) is 1.70. The van der Waals surface area contributed by atoms with Crippen LogP contribution >= 0.6 is 11.6 Å². The molecule has 3 heteroatoms. The summed E-state index contributed by atoms with van der Waals surface area (Å²) in [6.07, 6.45) is 0.922. The molecule has 0 spiro atoms. The summed E-state index contributed by atoms with van der Waals surface area (Å²) in [4.78, 5) is 0. The minimum absolute atomic E-state index is 0.374. The van der Waals surface area contributed by atoms with E-state index in [1.165, 1.54) is 5.56 Å². The van der Waals surface area contributed by atoms with Crippen LogP contribution in [0.3, 0.4) is 0 Å². The molecule has 2 N–H and O–H groups in total. The first-order chi connectivity index (χ1) is 6.76. The largest absolute Gasteiger partial charge is 0.384 e. The second kappa shape index (κ2) is 6.02. The molecule has 1 aromatic carbocycles. The highest BCUT2D eigenvalue weighted by Gasteiger charge is 2.07. The van der Waals surface area contributed by atoms with Crippen molar-refractivity contribution in [1.29, 1.82) is 0 Å². The van der Waals surface area contributed by atoms with Gasteiger partial charge in [-0.2, -0.15) is 0 Å². The summed E-state index contributed by atoms with van der Waals surface area (Å²) < 4.78 is 5.08. The zero-order valence-corrected chi connectivity index (χ0v) is 9.13. The molecule has 2 nitrogen and oxygen atoms in total. The molecular weight excluding hydrogens is 198 g/mol. The first-order valence-electron chi connectivity index (χ1n) is 4.69. The van der Waals surface area contributed by atoms with E-state index in [-0.39, 0.29) is 0 Å². The Bertz CT molecular complexity index is 278. The number of nitrogens with two attached hydrogens (primary N) is 1. The maximum atomic E-state index is 5.89. The SMILES string of the molecule is COCC(CN)Cc1cccc(Cl)c1. The maximum absolute atomic E-state index is 5.89. The fraction of sp³-hybridized carbons (Fsp3) is 0.455. The number of ether oxygens (including phenoxy) is 1. The highest BCUT2D eigenvalue weighted by Crippen LogP contribution is 2.14. The molecule has 0 radical (unpaired) electrons. The molecule has 0 aromatic heterocycles. The van der Waals surface area contributed by atoms with Crippen LogP contribution in [0.5, 0.6) is 0 Å². The van der Waals surface area contributed by atoms with E-state index in [9.17, 15) is 0 Å². The molecule has 0 saturated carbocycles. The molecule has 14 heavy (non-hydrogen) atoms. The molecule has 1 aromatic rings. The van der Waals surface area contributed by atoms with E-state index >= 15 is 0 Å². The van der Waals surface area contributed by atoms with Crippen molar-refractivity contribution in [2.24, 2.45) is 11.7 Å². The van der Waals surface area contributed by atoms with Gasteiger partial charge in [-0.1, -0.05) is 23.7 Å². The minimum atomic E-state index is 0.374. The number of rotatable bonds is 5. The van der Waals surface area contributed by atoms with Gasteiger partial charge in [0.05, 0.1) is 6.61 Å². The molecule has 0 aliphatic heterocycles. The zero-order chi connectivity index (χ0) is 10.4. The van der Waals surface area contributed by atoms with E-state index in [0.29, 0.717) is 19.1 Å². The lowest BCUT2D eigenvalue weighted by Gasteiger charge is -2.13. The van der Waals surface area contributed by atoms with Crippen LogP contribution in [0.1, 0.15) is 5.56 Å². The van der Waals surface area contributed by atoms with Crippen molar-refractivity contribution in [3.8, 4) is 0 Å². The van der Waals surface area contributed by atoms with Gasteiger partial charge in [-0.05, 0) is 36.6 Å². The van der Waals surface area contributed by atoms with Gasteiger partial charge in [0.2, 0.25) is 0 Å². The van der Waals surface area contributed by atoms with Gasteiger partial charge in [0.1, 0.15) is 0 Å². The Labute approximate surface area is 90.0 Å². The number of hydrogen-bond donors (Lipinski definition) is 1. The lowest BCUT2D eigenvalue weighted by Crippen LogP contribution is -2.21. The molecule has 0 bridgehead atoms. The average molecular weight is 214 g/mol. The predicted octanol–water partition coefficient (Wildman–Crippen LogP) is 2.10. The van der Waals surface area contributed by atoms with Crippen LogP contribution in [0.4, 0.5) is 0 Å². The Hall–Kier alpha value is -0.570. The van der Waals surface area contributed by atoms with Crippen molar-refractivity contribution in [2.75, 3.05) is 20.3 Å². The Balaban J connectivity index is 2.57. The Morgan fingerprint density at radius 1 is 1.50 bits per heavy atom. The topological polar surface area (TPSA) is 35.2 Å². The molecule has 0 fully saturated rings. The fourth-order valence-electron chi connectivity index (χ4n) is 1.44. The molecular formula is C11H16ClNO. The van der Waals surface area contributed by atoms with Gasteiger partial charge in [0.15, 0.2) is 0 Å². The fourth-order valence-corrected chi connectivity index (χ4v) is 1.66. The Morgan fingerprint density at radius 2 is 2.29 bits per heavy atom. The van der Waals surface area contributed by atoms with Crippen molar-refractivity contribution in [3.63, 3.8) is 0 Å². The van der Waals surface area contributed by atoms with E-state index in [1.54, 1.807) is 7.11 Å². The second-order valence-electron chi connectivity index (χ2n) is 3.39. The number of hydrogen-bond acceptors (Lipinski definition) is 2. The van der Waals surface area contributed by atoms with Crippen molar-refractivity contribution in [3.05, 3.63) is 34.9 Å². The summed E-state index contributed by atoms with van der Waals surface area (Å²) in [6.45, 7) is 1.34. The summed E-state index contributed by atoms with van der Waals surface area (Å²) in [6, 6.07) is 7.86. The lowest BCUT2D eigenvalue weighted by molar-refractivity contribution is 0.155. The van der Waals surface area contributed by atoms with Crippen molar-refractivity contribution in [2.45, 2.75) is 6.42 Å². The third-order valence-electron chi connectivity index (χ3n) is 2.15. The molecule has 0 heterocycles. The van der Waals surface area contributed by atoms with Crippen LogP contribution in [0.25, 0.3) is 0 Å². The molecule has 0 aliphatic carbocycles. The first-order valence-corrected chi connectivity index (χ1v) is 5.07. The van der Waals surface area contributed by atoms with Crippen LogP contribution in [0, 0.1) is 5.92 Å². The average Bonchev–Trinajstić information content (AvgIpc) is 2.17. The van der Waals surface area contributed by atoms with Gasteiger partial charge in [-0.3, -0.25) is 0 Å². The third kappa shape index (κ3) is 3.66. The first kappa shape index (κ1) is 11.5.